The van der Waals surface area contributed by atoms with Gasteiger partial charge in [-0.1, -0.05) is 11.2 Å². The third-order valence-corrected chi connectivity index (χ3v) is 1.84. The Balaban J connectivity index is 3.19. The molecule has 0 heterocycles. The van der Waals surface area contributed by atoms with Gasteiger partial charge in [-0.25, -0.2) is 0 Å². The van der Waals surface area contributed by atoms with E-state index in [1.165, 1.54) is 6.07 Å². The smallest absolute Gasteiger partial charge is 0.124 e. The maximum atomic E-state index is 9.40. The van der Waals surface area contributed by atoms with E-state index < -0.39 is 0 Å². The Labute approximate surface area is 76.3 Å². The van der Waals surface area contributed by atoms with Gasteiger partial charge >= 0.3 is 0 Å². The fourth-order valence-electron chi connectivity index (χ4n) is 1.05. The molecule has 4 nitrogen and oxygen atoms in total. The lowest BCUT2D eigenvalue weighted by Crippen LogP contribution is -2.00. The Kier molecular flexibility index (Phi) is 2.87. The van der Waals surface area contributed by atoms with Gasteiger partial charge in [0.25, 0.3) is 0 Å². The van der Waals surface area contributed by atoms with Gasteiger partial charge in [0.05, 0.1) is 5.71 Å². The number of aromatic hydroxyl groups is 1. The molecule has 0 unspecified atom stereocenters. The van der Waals surface area contributed by atoms with Crippen molar-refractivity contribution < 1.29 is 10.3 Å². The van der Waals surface area contributed by atoms with Crippen LogP contribution in [0, 0.1) is 0 Å². The zero-order chi connectivity index (χ0) is 9.84. The quantitative estimate of drug-likeness (QED) is 0.361. The van der Waals surface area contributed by atoms with Crippen molar-refractivity contribution in [2.24, 2.45) is 10.9 Å². The third-order valence-electron chi connectivity index (χ3n) is 1.84. The second kappa shape index (κ2) is 3.91. The molecule has 0 spiro atoms. The number of oxime groups is 1. The summed E-state index contributed by atoms with van der Waals surface area (Å²) in [4.78, 5) is 0. The number of nitrogens with zero attached hydrogens (tertiary/aromatic N) is 1. The van der Waals surface area contributed by atoms with Gasteiger partial charge in [0.15, 0.2) is 0 Å². The predicted octanol–water partition coefficient (Wildman–Crippen LogP) is 1.05. The predicted molar refractivity (Wildman–Crippen MR) is 50.0 cm³/mol. The second-order valence-electron chi connectivity index (χ2n) is 2.74. The SMILES string of the molecule is C/C(=N/O)c1cc(CN)ccc1O. The van der Waals surface area contributed by atoms with E-state index in [2.05, 4.69) is 5.16 Å². The van der Waals surface area contributed by atoms with Crippen LogP contribution in [-0.4, -0.2) is 16.0 Å². The Morgan fingerprint density at radius 3 is 2.77 bits per heavy atom. The molecule has 1 aromatic carbocycles. The summed E-state index contributed by atoms with van der Waals surface area (Å²) in [5.41, 5.74) is 7.18. The van der Waals surface area contributed by atoms with E-state index in [-0.39, 0.29) is 5.75 Å². The summed E-state index contributed by atoms with van der Waals surface area (Å²) in [6.07, 6.45) is 0. The van der Waals surface area contributed by atoms with Crippen molar-refractivity contribution in [3.8, 4) is 5.75 Å². The van der Waals surface area contributed by atoms with Gasteiger partial charge in [-0.15, -0.1) is 0 Å². The van der Waals surface area contributed by atoms with E-state index in [9.17, 15) is 5.11 Å². The summed E-state index contributed by atoms with van der Waals surface area (Å²) in [6, 6.07) is 4.96. The number of benzene rings is 1. The normalized spacial score (nSPS) is 11.7. The standard InChI is InChI=1S/C9H12N2O2/c1-6(11-13)8-4-7(5-10)2-3-9(8)12/h2-4,12-13H,5,10H2,1H3/b11-6-. The molecule has 1 aromatic rings. The molecule has 0 bridgehead atoms. The average molecular weight is 180 g/mol. The van der Waals surface area contributed by atoms with E-state index in [0.717, 1.165) is 5.56 Å². The second-order valence-corrected chi connectivity index (χ2v) is 2.74. The van der Waals surface area contributed by atoms with Crippen molar-refractivity contribution >= 4 is 5.71 Å². The molecule has 1 rings (SSSR count). The Morgan fingerprint density at radius 2 is 2.23 bits per heavy atom. The Hall–Kier alpha value is -1.55. The van der Waals surface area contributed by atoms with Crippen molar-refractivity contribution in [1.82, 2.24) is 0 Å². The number of rotatable bonds is 2. The lowest BCUT2D eigenvalue weighted by molar-refractivity contribution is 0.318. The van der Waals surface area contributed by atoms with Crippen LogP contribution in [0.4, 0.5) is 0 Å². The minimum absolute atomic E-state index is 0.0903. The van der Waals surface area contributed by atoms with Gasteiger partial charge in [0.1, 0.15) is 5.75 Å². The van der Waals surface area contributed by atoms with Crippen molar-refractivity contribution in [2.45, 2.75) is 13.5 Å². The van der Waals surface area contributed by atoms with E-state index in [1.54, 1.807) is 19.1 Å². The lowest BCUT2D eigenvalue weighted by atomic mass is 10.1. The highest BCUT2D eigenvalue weighted by Crippen LogP contribution is 2.18. The van der Waals surface area contributed by atoms with Crippen molar-refractivity contribution in [2.75, 3.05) is 0 Å². The average Bonchev–Trinajstić information content (AvgIpc) is 2.17. The first-order chi connectivity index (χ1) is 6.19. The molecular weight excluding hydrogens is 168 g/mol. The molecule has 0 aliphatic carbocycles. The largest absolute Gasteiger partial charge is 0.507 e. The molecular formula is C9H12N2O2. The van der Waals surface area contributed by atoms with Crippen LogP contribution < -0.4 is 5.73 Å². The molecule has 0 aliphatic rings. The van der Waals surface area contributed by atoms with Crippen LogP contribution >= 0.6 is 0 Å². The summed E-state index contributed by atoms with van der Waals surface area (Å²) in [6.45, 7) is 2.00. The molecule has 4 N–H and O–H groups in total. The fraction of sp³-hybridized carbons (Fsp3) is 0.222. The molecule has 0 radical (unpaired) electrons. The van der Waals surface area contributed by atoms with E-state index in [1.807, 2.05) is 0 Å². The maximum Gasteiger partial charge on any atom is 0.124 e. The van der Waals surface area contributed by atoms with Crippen LogP contribution in [0.5, 0.6) is 5.75 Å². The van der Waals surface area contributed by atoms with Crippen molar-refractivity contribution in [3.05, 3.63) is 29.3 Å². The molecule has 0 aromatic heterocycles. The molecule has 13 heavy (non-hydrogen) atoms. The number of hydrogen-bond donors (Lipinski definition) is 3. The Bertz CT molecular complexity index is 334. The van der Waals surface area contributed by atoms with Gasteiger partial charge in [-0.2, -0.15) is 0 Å². The third kappa shape index (κ3) is 1.97. The van der Waals surface area contributed by atoms with E-state index in [0.29, 0.717) is 17.8 Å². The number of phenols is 1. The van der Waals surface area contributed by atoms with Gasteiger partial charge in [-0.05, 0) is 24.6 Å². The van der Waals surface area contributed by atoms with Crippen LogP contribution in [0.2, 0.25) is 0 Å². The summed E-state index contributed by atoms with van der Waals surface area (Å²) >= 11 is 0. The van der Waals surface area contributed by atoms with Crippen molar-refractivity contribution in [3.63, 3.8) is 0 Å². The molecule has 0 amide bonds. The summed E-state index contributed by atoms with van der Waals surface area (Å²) in [5.74, 6) is 0.0903. The highest BCUT2D eigenvalue weighted by molar-refractivity contribution is 6.00. The monoisotopic (exact) mass is 180 g/mol. The van der Waals surface area contributed by atoms with Gasteiger partial charge in [0, 0.05) is 12.1 Å². The van der Waals surface area contributed by atoms with Crippen LogP contribution in [0.25, 0.3) is 0 Å². The first-order valence-corrected chi connectivity index (χ1v) is 3.90. The minimum atomic E-state index is 0.0903. The zero-order valence-electron chi connectivity index (χ0n) is 7.36. The highest BCUT2D eigenvalue weighted by Gasteiger charge is 2.05. The van der Waals surface area contributed by atoms with Gasteiger partial charge in [0.2, 0.25) is 0 Å². The molecule has 0 atom stereocenters. The maximum absolute atomic E-state index is 9.40. The van der Waals surface area contributed by atoms with Crippen LogP contribution in [0.15, 0.2) is 23.4 Å². The molecule has 0 aliphatic heterocycles. The Morgan fingerprint density at radius 1 is 1.54 bits per heavy atom. The van der Waals surface area contributed by atoms with Gasteiger partial charge < -0.3 is 16.0 Å². The minimum Gasteiger partial charge on any atom is -0.507 e. The van der Waals surface area contributed by atoms with E-state index in [4.69, 9.17) is 10.9 Å². The lowest BCUT2D eigenvalue weighted by Gasteiger charge is -2.04. The summed E-state index contributed by atoms with van der Waals surface area (Å²) < 4.78 is 0. The highest BCUT2D eigenvalue weighted by atomic mass is 16.4. The van der Waals surface area contributed by atoms with Crippen molar-refractivity contribution in [1.29, 1.82) is 0 Å². The fourth-order valence-corrected chi connectivity index (χ4v) is 1.05. The van der Waals surface area contributed by atoms with Gasteiger partial charge in [-0.3, -0.25) is 0 Å². The first kappa shape index (κ1) is 9.54. The molecule has 70 valence electrons. The van der Waals surface area contributed by atoms with E-state index >= 15 is 0 Å². The molecule has 0 saturated carbocycles. The molecule has 0 fully saturated rings. The zero-order valence-corrected chi connectivity index (χ0v) is 7.36. The summed E-state index contributed by atoms with van der Waals surface area (Å²) in [7, 11) is 0. The topological polar surface area (TPSA) is 78.8 Å². The molecule has 4 heteroatoms. The van der Waals surface area contributed by atoms with Crippen LogP contribution in [0.3, 0.4) is 0 Å². The molecule has 0 saturated heterocycles. The number of hydrogen-bond acceptors (Lipinski definition) is 4. The van der Waals surface area contributed by atoms with Crippen LogP contribution in [-0.2, 0) is 6.54 Å². The summed E-state index contributed by atoms with van der Waals surface area (Å²) in [5, 5.41) is 20.9. The number of nitrogens with two attached hydrogens (primary N) is 1. The number of phenolic OH excluding ortho intramolecular Hbond substituents is 1. The van der Waals surface area contributed by atoms with Crippen LogP contribution in [0.1, 0.15) is 18.1 Å². The first-order valence-electron chi connectivity index (χ1n) is 3.90.